The lowest BCUT2D eigenvalue weighted by molar-refractivity contribution is 0.207. The molecule has 0 amide bonds. The molecule has 0 unspecified atom stereocenters. The smallest absolute Gasteiger partial charge is 0.119 e. The second-order valence-corrected chi connectivity index (χ2v) is 5.25. The minimum atomic E-state index is 0.185. The van der Waals surface area contributed by atoms with Gasteiger partial charge in [-0.15, -0.1) is 0 Å². The van der Waals surface area contributed by atoms with Crippen molar-refractivity contribution in [3.8, 4) is 5.75 Å². The van der Waals surface area contributed by atoms with Crippen molar-refractivity contribution in [3.63, 3.8) is 0 Å². The van der Waals surface area contributed by atoms with Crippen LogP contribution in [-0.4, -0.2) is 24.9 Å². The van der Waals surface area contributed by atoms with Gasteiger partial charge in [0, 0.05) is 25.1 Å². The van der Waals surface area contributed by atoms with Gasteiger partial charge >= 0.3 is 0 Å². The molecule has 0 aromatic heterocycles. The van der Waals surface area contributed by atoms with Crippen LogP contribution in [0, 0.1) is 5.41 Å². The Morgan fingerprint density at radius 2 is 2.00 bits per heavy atom. The Morgan fingerprint density at radius 1 is 1.28 bits per heavy atom. The molecule has 0 saturated heterocycles. The van der Waals surface area contributed by atoms with Crippen LogP contribution in [0.25, 0.3) is 0 Å². The maximum Gasteiger partial charge on any atom is 0.119 e. The topological polar surface area (TPSA) is 41.5 Å². The number of nitrogens with one attached hydrogen (secondary N) is 1. The van der Waals surface area contributed by atoms with E-state index in [0.717, 1.165) is 44.7 Å². The van der Waals surface area contributed by atoms with E-state index >= 15 is 0 Å². The first-order valence-corrected chi connectivity index (χ1v) is 6.81. The van der Waals surface area contributed by atoms with E-state index in [9.17, 15) is 5.11 Å². The largest absolute Gasteiger partial charge is 0.494 e. The van der Waals surface area contributed by atoms with Gasteiger partial charge in [-0.3, -0.25) is 0 Å². The van der Waals surface area contributed by atoms with Crippen molar-refractivity contribution < 1.29 is 9.84 Å². The van der Waals surface area contributed by atoms with E-state index in [1.807, 2.05) is 12.1 Å². The molecule has 0 aliphatic heterocycles. The van der Waals surface area contributed by atoms with Crippen molar-refractivity contribution >= 4 is 0 Å². The molecule has 3 heteroatoms. The van der Waals surface area contributed by atoms with Gasteiger partial charge in [0.2, 0.25) is 0 Å². The molecule has 0 spiro atoms. The van der Waals surface area contributed by atoms with Crippen LogP contribution in [0.15, 0.2) is 24.3 Å². The molecule has 0 bridgehead atoms. The Kier molecular flexibility index (Phi) is 4.61. The van der Waals surface area contributed by atoms with Crippen LogP contribution in [-0.2, 0) is 6.54 Å². The maximum atomic E-state index is 9.22. The van der Waals surface area contributed by atoms with E-state index in [1.54, 1.807) is 0 Å². The number of hydrogen-bond donors (Lipinski definition) is 2. The van der Waals surface area contributed by atoms with Crippen molar-refractivity contribution in [1.82, 2.24) is 5.32 Å². The normalized spacial score (nSPS) is 16.6. The lowest BCUT2D eigenvalue weighted by Gasteiger charge is -2.13. The molecule has 1 aromatic rings. The third-order valence-corrected chi connectivity index (χ3v) is 3.52. The first kappa shape index (κ1) is 13.4. The van der Waals surface area contributed by atoms with Gasteiger partial charge in [0.25, 0.3) is 0 Å². The molecule has 1 fully saturated rings. The van der Waals surface area contributed by atoms with Crippen LogP contribution < -0.4 is 10.1 Å². The SMILES string of the molecule is CCCOc1ccc(CNCC2(CO)CC2)cc1. The Bertz CT molecular complexity index is 357. The maximum absolute atomic E-state index is 9.22. The second kappa shape index (κ2) is 6.21. The summed E-state index contributed by atoms with van der Waals surface area (Å²) in [5.41, 5.74) is 1.44. The predicted molar refractivity (Wildman–Crippen MR) is 72.7 cm³/mol. The lowest BCUT2D eigenvalue weighted by Crippen LogP contribution is -2.26. The van der Waals surface area contributed by atoms with Gasteiger partial charge in [0.15, 0.2) is 0 Å². The van der Waals surface area contributed by atoms with Crippen LogP contribution in [0.2, 0.25) is 0 Å². The second-order valence-electron chi connectivity index (χ2n) is 5.25. The molecular weight excluding hydrogens is 226 g/mol. The molecule has 1 aromatic carbocycles. The number of benzene rings is 1. The highest BCUT2D eigenvalue weighted by Crippen LogP contribution is 2.44. The van der Waals surface area contributed by atoms with E-state index in [-0.39, 0.29) is 5.41 Å². The summed E-state index contributed by atoms with van der Waals surface area (Å²) in [5.74, 6) is 0.939. The summed E-state index contributed by atoms with van der Waals surface area (Å²) in [6, 6.07) is 8.23. The summed E-state index contributed by atoms with van der Waals surface area (Å²) in [4.78, 5) is 0. The Balaban J connectivity index is 1.72. The Labute approximate surface area is 109 Å². The Hall–Kier alpha value is -1.06. The van der Waals surface area contributed by atoms with E-state index in [0.29, 0.717) is 6.61 Å². The Morgan fingerprint density at radius 3 is 2.56 bits per heavy atom. The number of aliphatic hydroxyl groups is 1. The molecule has 2 N–H and O–H groups in total. The molecule has 0 radical (unpaired) electrons. The molecule has 100 valence electrons. The van der Waals surface area contributed by atoms with E-state index in [1.165, 1.54) is 5.56 Å². The number of ether oxygens (including phenoxy) is 1. The summed E-state index contributed by atoms with van der Waals surface area (Å²) < 4.78 is 5.54. The minimum Gasteiger partial charge on any atom is -0.494 e. The van der Waals surface area contributed by atoms with Crippen molar-refractivity contribution in [3.05, 3.63) is 29.8 Å². The van der Waals surface area contributed by atoms with Crippen LogP contribution in [0.1, 0.15) is 31.7 Å². The molecule has 0 atom stereocenters. The minimum absolute atomic E-state index is 0.185. The van der Waals surface area contributed by atoms with Crippen LogP contribution in [0.4, 0.5) is 0 Å². The van der Waals surface area contributed by atoms with E-state index < -0.39 is 0 Å². The molecular formula is C15H23NO2. The molecule has 1 aliphatic carbocycles. The summed E-state index contributed by atoms with van der Waals surface area (Å²) in [5, 5.41) is 12.6. The fourth-order valence-electron chi connectivity index (χ4n) is 1.96. The average Bonchev–Trinajstić information content (AvgIpc) is 3.18. The van der Waals surface area contributed by atoms with Gasteiger partial charge < -0.3 is 15.2 Å². The zero-order valence-corrected chi connectivity index (χ0v) is 11.1. The van der Waals surface area contributed by atoms with Crippen molar-refractivity contribution in [2.24, 2.45) is 5.41 Å². The van der Waals surface area contributed by atoms with Crippen LogP contribution in [0.5, 0.6) is 5.75 Å². The molecule has 18 heavy (non-hydrogen) atoms. The summed E-state index contributed by atoms with van der Waals surface area (Å²) >= 11 is 0. The summed E-state index contributed by atoms with van der Waals surface area (Å²) in [6.45, 7) is 4.96. The van der Waals surface area contributed by atoms with E-state index in [4.69, 9.17) is 4.74 Å². The van der Waals surface area contributed by atoms with Gasteiger partial charge in [-0.25, -0.2) is 0 Å². The zero-order chi connectivity index (χ0) is 12.8. The molecule has 0 heterocycles. The van der Waals surface area contributed by atoms with Gasteiger partial charge in [-0.2, -0.15) is 0 Å². The standard InChI is InChI=1S/C15H23NO2/c1-2-9-18-14-5-3-13(4-6-14)10-16-11-15(12-17)7-8-15/h3-6,16-17H,2,7-12H2,1H3. The highest BCUT2D eigenvalue weighted by Gasteiger charge is 2.41. The van der Waals surface area contributed by atoms with Gasteiger partial charge in [0.1, 0.15) is 5.75 Å². The molecule has 3 nitrogen and oxygen atoms in total. The number of aliphatic hydroxyl groups excluding tert-OH is 1. The zero-order valence-electron chi connectivity index (χ0n) is 11.1. The highest BCUT2D eigenvalue weighted by molar-refractivity contribution is 5.27. The third-order valence-electron chi connectivity index (χ3n) is 3.52. The predicted octanol–water partition coefficient (Wildman–Crippen LogP) is 2.34. The summed E-state index contributed by atoms with van der Waals surface area (Å²) in [6.07, 6.45) is 3.34. The van der Waals surface area contributed by atoms with Gasteiger partial charge in [0.05, 0.1) is 6.61 Å². The average molecular weight is 249 g/mol. The number of rotatable bonds is 8. The van der Waals surface area contributed by atoms with Crippen molar-refractivity contribution in [2.75, 3.05) is 19.8 Å². The first-order chi connectivity index (χ1) is 8.78. The first-order valence-electron chi connectivity index (χ1n) is 6.81. The fraction of sp³-hybridized carbons (Fsp3) is 0.600. The molecule has 1 aliphatic rings. The van der Waals surface area contributed by atoms with Crippen molar-refractivity contribution in [2.45, 2.75) is 32.7 Å². The van der Waals surface area contributed by atoms with E-state index in [2.05, 4.69) is 24.4 Å². The van der Waals surface area contributed by atoms with Gasteiger partial charge in [-0.05, 0) is 37.0 Å². The van der Waals surface area contributed by atoms with Gasteiger partial charge in [-0.1, -0.05) is 19.1 Å². The fourth-order valence-corrected chi connectivity index (χ4v) is 1.96. The lowest BCUT2D eigenvalue weighted by atomic mass is 10.1. The monoisotopic (exact) mass is 249 g/mol. The highest BCUT2D eigenvalue weighted by atomic mass is 16.5. The number of hydrogen-bond acceptors (Lipinski definition) is 3. The third kappa shape index (κ3) is 3.72. The quantitative estimate of drug-likeness (QED) is 0.743. The molecule has 1 saturated carbocycles. The molecule has 2 rings (SSSR count). The van der Waals surface area contributed by atoms with Crippen LogP contribution in [0.3, 0.4) is 0 Å². The van der Waals surface area contributed by atoms with Crippen molar-refractivity contribution in [1.29, 1.82) is 0 Å². The summed E-state index contributed by atoms with van der Waals surface area (Å²) in [7, 11) is 0. The van der Waals surface area contributed by atoms with Crippen LogP contribution >= 0.6 is 0 Å².